The maximum atomic E-state index is 12.9. The highest BCUT2D eigenvalue weighted by Crippen LogP contribution is 2.28. The Labute approximate surface area is 184 Å². The first-order valence-corrected chi connectivity index (χ1v) is 10.9. The molecule has 0 bridgehead atoms. The lowest BCUT2D eigenvalue weighted by atomic mass is 10.1. The number of hydrogen-bond donors (Lipinski definition) is 2. The van der Waals surface area contributed by atoms with Gasteiger partial charge in [0, 0.05) is 22.8 Å². The SMILES string of the molecule is Cc1ccc(/C=N\Nc2ccc([N+](=O)[O-])cc2S(=O)(=O)Nc2ccc(Cl)cc2)c(C)c1. The van der Waals surface area contributed by atoms with Gasteiger partial charge < -0.3 is 0 Å². The van der Waals surface area contributed by atoms with Crippen LogP contribution in [0.4, 0.5) is 17.1 Å². The molecule has 3 aromatic carbocycles. The molecular formula is C21H19ClN4O4S. The van der Waals surface area contributed by atoms with E-state index in [4.69, 9.17) is 11.6 Å². The highest BCUT2D eigenvalue weighted by molar-refractivity contribution is 7.92. The van der Waals surface area contributed by atoms with E-state index in [9.17, 15) is 18.5 Å². The van der Waals surface area contributed by atoms with Crippen LogP contribution in [0, 0.1) is 24.0 Å². The van der Waals surface area contributed by atoms with Gasteiger partial charge in [0.2, 0.25) is 0 Å². The van der Waals surface area contributed by atoms with Gasteiger partial charge in [0.1, 0.15) is 4.90 Å². The molecular weight excluding hydrogens is 440 g/mol. The van der Waals surface area contributed by atoms with Crippen molar-refractivity contribution in [3.8, 4) is 0 Å². The Hall–Kier alpha value is -3.43. The molecule has 0 fully saturated rings. The maximum Gasteiger partial charge on any atom is 0.270 e. The molecule has 0 amide bonds. The van der Waals surface area contributed by atoms with Crippen LogP contribution >= 0.6 is 11.6 Å². The standard InChI is InChI=1S/C21H19ClN4O4S/c1-14-3-4-16(15(2)11-14)13-23-24-20-10-9-19(26(27)28)12-21(20)31(29,30)25-18-7-5-17(22)6-8-18/h3-13,24-25H,1-2H3/b23-13-. The molecule has 0 aliphatic heterocycles. The van der Waals surface area contributed by atoms with Crippen molar-refractivity contribution in [2.24, 2.45) is 5.10 Å². The number of hydrogen-bond acceptors (Lipinski definition) is 6. The molecule has 0 radical (unpaired) electrons. The third kappa shape index (κ3) is 5.59. The molecule has 2 N–H and O–H groups in total. The van der Waals surface area contributed by atoms with Crippen molar-refractivity contribution >= 4 is 44.9 Å². The van der Waals surface area contributed by atoms with Crippen LogP contribution in [0.1, 0.15) is 16.7 Å². The van der Waals surface area contributed by atoms with E-state index in [-0.39, 0.29) is 22.0 Å². The maximum absolute atomic E-state index is 12.9. The smallest absolute Gasteiger partial charge is 0.270 e. The second-order valence-corrected chi connectivity index (χ2v) is 8.87. The summed E-state index contributed by atoms with van der Waals surface area (Å²) in [5.74, 6) is 0. The summed E-state index contributed by atoms with van der Waals surface area (Å²) in [6.45, 7) is 3.92. The lowest BCUT2D eigenvalue weighted by Gasteiger charge is -2.12. The Morgan fingerprint density at radius 3 is 2.39 bits per heavy atom. The van der Waals surface area contributed by atoms with Gasteiger partial charge in [0.15, 0.2) is 0 Å². The first kappa shape index (κ1) is 22.3. The number of nitrogens with zero attached hydrogens (tertiary/aromatic N) is 2. The van der Waals surface area contributed by atoms with E-state index < -0.39 is 14.9 Å². The summed E-state index contributed by atoms with van der Waals surface area (Å²) in [5.41, 5.74) is 5.64. The molecule has 0 saturated heterocycles. The highest BCUT2D eigenvalue weighted by Gasteiger charge is 2.22. The van der Waals surface area contributed by atoms with E-state index in [1.54, 1.807) is 6.21 Å². The lowest BCUT2D eigenvalue weighted by molar-refractivity contribution is -0.385. The molecule has 10 heteroatoms. The summed E-state index contributed by atoms with van der Waals surface area (Å²) in [6.07, 6.45) is 1.55. The number of aryl methyl sites for hydroxylation is 2. The van der Waals surface area contributed by atoms with E-state index in [0.717, 1.165) is 22.8 Å². The van der Waals surface area contributed by atoms with Gasteiger partial charge in [-0.05, 0) is 55.3 Å². The molecule has 0 aliphatic carbocycles. The van der Waals surface area contributed by atoms with Crippen LogP contribution in [0.5, 0.6) is 0 Å². The topological polar surface area (TPSA) is 114 Å². The zero-order valence-electron chi connectivity index (χ0n) is 16.7. The Morgan fingerprint density at radius 2 is 1.74 bits per heavy atom. The summed E-state index contributed by atoms with van der Waals surface area (Å²) >= 11 is 5.83. The van der Waals surface area contributed by atoms with Crippen molar-refractivity contribution in [1.82, 2.24) is 0 Å². The summed E-state index contributed by atoms with van der Waals surface area (Å²) in [7, 11) is -4.16. The quantitative estimate of drug-likeness (QED) is 0.290. The van der Waals surface area contributed by atoms with Crippen molar-refractivity contribution in [1.29, 1.82) is 0 Å². The van der Waals surface area contributed by atoms with Crippen LogP contribution in [-0.4, -0.2) is 19.6 Å². The number of rotatable bonds is 7. The van der Waals surface area contributed by atoms with Gasteiger partial charge >= 0.3 is 0 Å². The van der Waals surface area contributed by atoms with E-state index in [2.05, 4.69) is 15.2 Å². The molecule has 0 atom stereocenters. The molecule has 8 nitrogen and oxygen atoms in total. The van der Waals surface area contributed by atoms with Crippen molar-refractivity contribution in [3.63, 3.8) is 0 Å². The fourth-order valence-electron chi connectivity index (χ4n) is 2.81. The zero-order chi connectivity index (χ0) is 22.6. The van der Waals surface area contributed by atoms with Crippen LogP contribution in [0.15, 0.2) is 70.7 Å². The summed E-state index contributed by atoms with van der Waals surface area (Å²) in [6, 6.07) is 15.3. The summed E-state index contributed by atoms with van der Waals surface area (Å²) < 4.78 is 28.3. The van der Waals surface area contributed by atoms with Crippen LogP contribution in [0.25, 0.3) is 0 Å². The summed E-state index contributed by atoms with van der Waals surface area (Å²) in [5, 5.41) is 15.7. The molecule has 0 heterocycles. The Bertz CT molecular complexity index is 1260. The minimum absolute atomic E-state index is 0.0908. The van der Waals surface area contributed by atoms with E-state index >= 15 is 0 Å². The molecule has 160 valence electrons. The number of hydrazone groups is 1. The van der Waals surface area contributed by atoms with Crippen LogP contribution in [0.3, 0.4) is 0 Å². The number of halogens is 1. The average molecular weight is 459 g/mol. The molecule has 0 aliphatic rings. The number of anilines is 2. The average Bonchev–Trinajstić information content (AvgIpc) is 2.71. The molecule has 3 rings (SSSR count). The highest BCUT2D eigenvalue weighted by atomic mass is 35.5. The molecule has 0 unspecified atom stereocenters. The van der Waals surface area contributed by atoms with Crippen molar-refractivity contribution < 1.29 is 13.3 Å². The fourth-order valence-corrected chi connectivity index (χ4v) is 4.17. The third-order valence-electron chi connectivity index (χ3n) is 4.38. The van der Waals surface area contributed by atoms with Gasteiger partial charge in [-0.15, -0.1) is 0 Å². The second kappa shape index (κ2) is 9.15. The predicted octanol–water partition coefficient (Wildman–Crippen LogP) is 5.11. The number of sulfonamides is 1. The molecule has 0 aromatic heterocycles. The van der Waals surface area contributed by atoms with Crippen molar-refractivity contribution in [2.75, 3.05) is 10.1 Å². The largest absolute Gasteiger partial charge is 0.280 e. The summed E-state index contributed by atoms with van der Waals surface area (Å²) in [4.78, 5) is 10.2. The van der Waals surface area contributed by atoms with Crippen LogP contribution in [0.2, 0.25) is 5.02 Å². The van der Waals surface area contributed by atoms with Gasteiger partial charge in [-0.2, -0.15) is 5.10 Å². The van der Waals surface area contributed by atoms with Crippen molar-refractivity contribution in [3.05, 3.63) is 92.5 Å². The van der Waals surface area contributed by atoms with E-state index in [0.29, 0.717) is 5.02 Å². The van der Waals surface area contributed by atoms with Crippen LogP contribution < -0.4 is 10.1 Å². The second-order valence-electron chi connectivity index (χ2n) is 6.78. The number of nitro benzene ring substituents is 1. The minimum Gasteiger partial charge on any atom is -0.280 e. The number of nitro groups is 1. The fraction of sp³-hybridized carbons (Fsp3) is 0.0952. The zero-order valence-corrected chi connectivity index (χ0v) is 18.2. The third-order valence-corrected chi connectivity index (χ3v) is 6.05. The van der Waals surface area contributed by atoms with Crippen LogP contribution in [-0.2, 0) is 10.0 Å². The number of nitrogens with one attached hydrogen (secondary N) is 2. The van der Waals surface area contributed by atoms with Gasteiger partial charge in [0.05, 0.1) is 16.8 Å². The van der Waals surface area contributed by atoms with Crippen molar-refractivity contribution in [2.45, 2.75) is 18.7 Å². The van der Waals surface area contributed by atoms with Gasteiger partial charge in [-0.1, -0.05) is 35.4 Å². The molecule has 0 saturated carbocycles. The monoisotopic (exact) mass is 458 g/mol. The molecule has 31 heavy (non-hydrogen) atoms. The van der Waals surface area contributed by atoms with E-state index in [1.807, 2.05) is 32.0 Å². The lowest BCUT2D eigenvalue weighted by Crippen LogP contribution is -2.15. The Kier molecular flexibility index (Phi) is 6.57. The van der Waals surface area contributed by atoms with E-state index in [1.165, 1.54) is 36.4 Å². The first-order valence-electron chi connectivity index (χ1n) is 9.09. The molecule has 0 spiro atoms. The number of benzene rings is 3. The predicted molar refractivity (Wildman–Crippen MR) is 122 cm³/mol. The van der Waals surface area contributed by atoms with Gasteiger partial charge in [0.25, 0.3) is 15.7 Å². The Balaban J connectivity index is 1.94. The molecule has 3 aromatic rings. The van der Waals surface area contributed by atoms with Gasteiger partial charge in [-0.3, -0.25) is 20.3 Å². The minimum atomic E-state index is -4.16. The number of non-ortho nitro benzene ring substituents is 1. The first-order chi connectivity index (χ1) is 14.7. The normalized spacial score (nSPS) is 11.5. The van der Waals surface area contributed by atoms with Gasteiger partial charge in [-0.25, -0.2) is 8.42 Å². The Morgan fingerprint density at radius 1 is 1.03 bits per heavy atom.